The van der Waals surface area contributed by atoms with E-state index in [1.165, 1.54) is 0 Å². The number of morpholine rings is 1. The van der Waals surface area contributed by atoms with Gasteiger partial charge in [-0.05, 0) is 37.5 Å². The lowest BCUT2D eigenvalue weighted by Crippen LogP contribution is -2.39. The Morgan fingerprint density at radius 3 is 2.62 bits per heavy atom. The summed E-state index contributed by atoms with van der Waals surface area (Å²) >= 11 is 12.2. The topological polar surface area (TPSA) is 48.3 Å². The van der Waals surface area contributed by atoms with Crippen LogP contribution in [0.15, 0.2) is 18.2 Å². The van der Waals surface area contributed by atoms with E-state index in [2.05, 4.69) is 23.8 Å². The molecule has 3 rings (SSSR count). The fourth-order valence-electron chi connectivity index (χ4n) is 3.19. The van der Waals surface area contributed by atoms with Gasteiger partial charge in [-0.2, -0.15) is 5.10 Å². The van der Waals surface area contributed by atoms with Crippen molar-refractivity contribution in [3.05, 3.63) is 39.6 Å². The van der Waals surface area contributed by atoms with E-state index in [9.17, 15) is 0 Å². The van der Waals surface area contributed by atoms with Crippen molar-refractivity contribution in [3.8, 4) is 11.5 Å². The predicted molar refractivity (Wildman–Crippen MR) is 105 cm³/mol. The molecule has 7 heteroatoms. The number of nitrogens with one attached hydrogen (secondary N) is 1. The first-order valence-electron chi connectivity index (χ1n) is 9.15. The number of ether oxygens (including phenoxy) is 2. The molecule has 1 aliphatic rings. The molecule has 5 nitrogen and oxygen atoms in total. The van der Waals surface area contributed by atoms with Gasteiger partial charge in [0.1, 0.15) is 11.4 Å². The van der Waals surface area contributed by atoms with E-state index in [-0.39, 0.29) is 6.10 Å². The fraction of sp³-hybridized carbons (Fsp3) is 0.526. The summed E-state index contributed by atoms with van der Waals surface area (Å²) in [6.07, 6.45) is 2.79. The average molecular weight is 398 g/mol. The molecule has 0 aliphatic carbocycles. The summed E-state index contributed by atoms with van der Waals surface area (Å²) in [5, 5.41) is 9.25. The number of aryl methyl sites for hydroxylation is 2. The van der Waals surface area contributed by atoms with Crippen molar-refractivity contribution in [3.63, 3.8) is 0 Å². The molecule has 26 heavy (non-hydrogen) atoms. The van der Waals surface area contributed by atoms with Crippen LogP contribution in [0.4, 0.5) is 0 Å². The molecule has 0 saturated carbocycles. The van der Waals surface area contributed by atoms with Crippen molar-refractivity contribution in [2.45, 2.75) is 45.8 Å². The van der Waals surface area contributed by atoms with Gasteiger partial charge in [0.25, 0.3) is 0 Å². The first-order valence-corrected chi connectivity index (χ1v) is 9.91. The highest BCUT2D eigenvalue weighted by Crippen LogP contribution is 2.33. The summed E-state index contributed by atoms with van der Waals surface area (Å²) in [5.41, 5.74) is 2.03. The Bertz CT molecular complexity index is 722. The molecule has 1 unspecified atom stereocenters. The molecular formula is C19H25Cl2N3O2. The second-order valence-corrected chi connectivity index (χ2v) is 7.22. The van der Waals surface area contributed by atoms with Crippen LogP contribution in [-0.2, 0) is 24.1 Å². The molecule has 1 atom stereocenters. The van der Waals surface area contributed by atoms with Gasteiger partial charge in [0.15, 0.2) is 5.75 Å². The number of rotatable bonds is 7. The van der Waals surface area contributed by atoms with Crippen molar-refractivity contribution >= 4 is 23.2 Å². The minimum atomic E-state index is 0.235. The van der Waals surface area contributed by atoms with Crippen molar-refractivity contribution in [1.82, 2.24) is 15.1 Å². The Morgan fingerprint density at radius 1 is 1.23 bits per heavy atom. The van der Waals surface area contributed by atoms with Crippen molar-refractivity contribution < 1.29 is 9.47 Å². The van der Waals surface area contributed by atoms with Crippen LogP contribution in [0.3, 0.4) is 0 Å². The Hall–Kier alpha value is -1.27. The van der Waals surface area contributed by atoms with E-state index in [4.69, 9.17) is 37.8 Å². The number of hydrogen-bond donors (Lipinski definition) is 1. The maximum absolute atomic E-state index is 6.16. The van der Waals surface area contributed by atoms with Crippen LogP contribution < -0.4 is 10.1 Å². The summed E-state index contributed by atoms with van der Waals surface area (Å²) in [4.78, 5) is 0. The van der Waals surface area contributed by atoms with Gasteiger partial charge < -0.3 is 14.8 Å². The van der Waals surface area contributed by atoms with E-state index in [0.29, 0.717) is 15.8 Å². The summed E-state index contributed by atoms with van der Waals surface area (Å²) in [7, 11) is 0. The Labute approximate surface area is 164 Å². The third kappa shape index (κ3) is 4.71. The molecule has 1 fully saturated rings. The molecule has 0 bridgehead atoms. The molecule has 2 heterocycles. The van der Waals surface area contributed by atoms with Crippen LogP contribution in [0.25, 0.3) is 0 Å². The molecule has 1 N–H and O–H groups in total. The molecule has 0 amide bonds. The van der Waals surface area contributed by atoms with E-state index >= 15 is 0 Å². The Kier molecular flexibility index (Phi) is 6.81. The summed E-state index contributed by atoms with van der Waals surface area (Å²) in [5.74, 6) is 1.45. The largest absolute Gasteiger partial charge is 0.453 e. The smallest absolute Gasteiger partial charge is 0.171 e. The maximum Gasteiger partial charge on any atom is 0.171 e. The van der Waals surface area contributed by atoms with E-state index < -0.39 is 0 Å². The predicted octanol–water partition coefficient (Wildman–Crippen LogP) is 4.49. The lowest BCUT2D eigenvalue weighted by molar-refractivity contribution is 0.0203. The van der Waals surface area contributed by atoms with E-state index in [1.54, 1.807) is 18.2 Å². The van der Waals surface area contributed by atoms with Crippen molar-refractivity contribution in [2.75, 3.05) is 19.7 Å². The second kappa shape index (κ2) is 9.09. The minimum Gasteiger partial charge on any atom is -0.453 e. The summed E-state index contributed by atoms with van der Waals surface area (Å²) in [6.45, 7) is 7.60. The van der Waals surface area contributed by atoms with Crippen LogP contribution >= 0.6 is 23.2 Å². The first kappa shape index (κ1) is 19.5. The highest BCUT2D eigenvalue weighted by atomic mass is 35.5. The molecule has 1 saturated heterocycles. The van der Waals surface area contributed by atoms with Crippen LogP contribution in [0.2, 0.25) is 10.0 Å². The van der Waals surface area contributed by atoms with Gasteiger partial charge in [0.2, 0.25) is 0 Å². The zero-order chi connectivity index (χ0) is 18.5. The molecule has 1 aliphatic heterocycles. The zero-order valence-corrected chi connectivity index (χ0v) is 16.7. The molecule has 142 valence electrons. The molecular weight excluding hydrogens is 373 g/mol. The van der Waals surface area contributed by atoms with Gasteiger partial charge in [-0.15, -0.1) is 0 Å². The lowest BCUT2D eigenvalue weighted by atomic mass is 10.2. The number of hydrogen-bond acceptors (Lipinski definition) is 4. The normalized spacial score (nSPS) is 17.5. The highest BCUT2D eigenvalue weighted by molar-refractivity contribution is 6.34. The lowest BCUT2D eigenvalue weighted by Gasteiger charge is -2.23. The van der Waals surface area contributed by atoms with Crippen LogP contribution in [0.1, 0.15) is 31.7 Å². The molecule has 0 radical (unpaired) electrons. The average Bonchev–Trinajstić information content (AvgIpc) is 2.96. The molecule has 2 aromatic rings. The minimum absolute atomic E-state index is 0.235. The SMILES string of the molecule is CCc1nn(CCC2CNCCO2)c(CC)c1Oc1cc(Cl)cc(Cl)c1. The third-order valence-corrected chi connectivity index (χ3v) is 4.91. The summed E-state index contributed by atoms with van der Waals surface area (Å²) < 4.78 is 14.0. The molecule has 1 aromatic carbocycles. The van der Waals surface area contributed by atoms with E-state index in [0.717, 1.165) is 62.6 Å². The van der Waals surface area contributed by atoms with Gasteiger partial charge in [0, 0.05) is 29.7 Å². The number of halogens is 2. The van der Waals surface area contributed by atoms with Gasteiger partial charge in [-0.1, -0.05) is 37.0 Å². The monoisotopic (exact) mass is 397 g/mol. The number of benzene rings is 1. The second-order valence-electron chi connectivity index (χ2n) is 6.35. The molecule has 0 spiro atoms. The molecule has 1 aromatic heterocycles. The maximum atomic E-state index is 6.16. The quantitative estimate of drug-likeness (QED) is 0.747. The van der Waals surface area contributed by atoms with Gasteiger partial charge in [-0.25, -0.2) is 0 Å². The van der Waals surface area contributed by atoms with Crippen LogP contribution in [0.5, 0.6) is 11.5 Å². The van der Waals surface area contributed by atoms with Crippen LogP contribution in [-0.4, -0.2) is 35.6 Å². The van der Waals surface area contributed by atoms with Crippen molar-refractivity contribution in [2.24, 2.45) is 0 Å². The summed E-state index contributed by atoms with van der Waals surface area (Å²) in [6, 6.07) is 5.23. The van der Waals surface area contributed by atoms with Gasteiger partial charge >= 0.3 is 0 Å². The Morgan fingerprint density at radius 2 is 2.00 bits per heavy atom. The highest BCUT2D eigenvalue weighted by Gasteiger charge is 2.20. The number of nitrogens with zero attached hydrogens (tertiary/aromatic N) is 2. The van der Waals surface area contributed by atoms with Gasteiger partial charge in [0.05, 0.1) is 18.4 Å². The fourth-order valence-corrected chi connectivity index (χ4v) is 3.70. The zero-order valence-electron chi connectivity index (χ0n) is 15.2. The van der Waals surface area contributed by atoms with Crippen LogP contribution in [0, 0.1) is 0 Å². The third-order valence-electron chi connectivity index (χ3n) is 4.47. The van der Waals surface area contributed by atoms with Gasteiger partial charge in [-0.3, -0.25) is 4.68 Å². The Balaban J connectivity index is 1.80. The first-order chi connectivity index (χ1) is 12.6. The number of aromatic nitrogens is 2. The standard InChI is InChI=1S/C19H25Cl2N3O2/c1-3-17-19(26-16-10-13(20)9-14(21)11-16)18(4-2)24(23-17)7-5-15-12-22-6-8-25-15/h9-11,15,22H,3-8,12H2,1-2H3. The van der Waals surface area contributed by atoms with Crippen molar-refractivity contribution in [1.29, 1.82) is 0 Å². The van der Waals surface area contributed by atoms with E-state index in [1.807, 2.05) is 0 Å².